The molecule has 2 aliphatic rings. The van der Waals surface area contributed by atoms with Crippen molar-refractivity contribution in [2.45, 2.75) is 72.1 Å². The molecule has 0 aliphatic carbocycles. The van der Waals surface area contributed by atoms with Gasteiger partial charge in [0.25, 0.3) is 11.8 Å². The minimum Gasteiger partial charge on any atom is -0.476 e. The Morgan fingerprint density at radius 1 is 1.29 bits per heavy atom. The highest BCUT2D eigenvalue weighted by Crippen LogP contribution is 2.40. The number of fused-ring (bicyclic) bond motifs is 1. The molecule has 2 heterocycles. The van der Waals surface area contributed by atoms with Crippen LogP contribution in [0.1, 0.15) is 63.4 Å². The molecule has 1 saturated heterocycles. The third kappa shape index (κ3) is 5.52. The lowest BCUT2D eigenvalue weighted by atomic mass is 9.97. The van der Waals surface area contributed by atoms with E-state index in [0.29, 0.717) is 35.5 Å². The van der Waals surface area contributed by atoms with Crippen molar-refractivity contribution in [2.75, 3.05) is 31.1 Å². The monoisotopic (exact) mass is 488 g/mol. The van der Waals surface area contributed by atoms with Crippen LogP contribution in [0, 0.1) is 6.92 Å². The Morgan fingerprint density at radius 2 is 1.97 bits per heavy atom. The molecule has 1 aromatic carbocycles. The number of amides is 4. The Kier molecular flexibility index (Phi) is 7.62. The van der Waals surface area contributed by atoms with Gasteiger partial charge in [-0.25, -0.2) is 4.79 Å². The van der Waals surface area contributed by atoms with E-state index in [1.807, 2.05) is 20.8 Å². The number of nitrogens with one attached hydrogen (secondary N) is 1. The zero-order valence-corrected chi connectivity index (χ0v) is 21.4. The summed E-state index contributed by atoms with van der Waals surface area (Å²) in [6.07, 6.45) is 0.422. The maximum absolute atomic E-state index is 13.8. The van der Waals surface area contributed by atoms with E-state index in [4.69, 9.17) is 4.74 Å². The number of likely N-dealkylation sites (tertiary alicyclic amines) is 1. The molecule has 0 unspecified atom stereocenters. The molecule has 3 rings (SSSR count). The van der Waals surface area contributed by atoms with Gasteiger partial charge in [-0.2, -0.15) is 0 Å². The quantitative estimate of drug-likeness (QED) is 0.635. The van der Waals surface area contributed by atoms with Crippen molar-refractivity contribution >= 4 is 29.5 Å². The zero-order valence-electron chi connectivity index (χ0n) is 21.4. The van der Waals surface area contributed by atoms with Crippen LogP contribution in [0.5, 0.6) is 5.75 Å². The van der Waals surface area contributed by atoms with E-state index in [1.165, 1.54) is 11.8 Å². The first kappa shape index (κ1) is 26.3. The summed E-state index contributed by atoms with van der Waals surface area (Å²) in [4.78, 5) is 54.6. The van der Waals surface area contributed by atoms with E-state index < -0.39 is 11.7 Å². The highest BCUT2D eigenvalue weighted by molar-refractivity contribution is 6.05. The molecular formula is C25H36N4O6. The first-order chi connectivity index (χ1) is 16.3. The number of hydrogen-bond donors (Lipinski definition) is 2. The summed E-state index contributed by atoms with van der Waals surface area (Å²) in [6, 6.07) is 3.06. The highest BCUT2D eigenvalue weighted by atomic mass is 16.5. The van der Waals surface area contributed by atoms with E-state index in [9.17, 15) is 24.3 Å². The number of hydrogen-bond acceptors (Lipinski definition) is 5. The van der Waals surface area contributed by atoms with Gasteiger partial charge in [0.05, 0.1) is 11.7 Å². The largest absolute Gasteiger partial charge is 0.476 e. The molecule has 0 spiro atoms. The fraction of sp³-hybridized carbons (Fsp3) is 0.600. The molecule has 192 valence electrons. The van der Waals surface area contributed by atoms with Crippen molar-refractivity contribution in [3.05, 3.63) is 23.3 Å². The van der Waals surface area contributed by atoms with Gasteiger partial charge in [0, 0.05) is 44.7 Å². The number of carboxylic acid groups (broad SMARTS) is 1. The Hall–Kier alpha value is -3.30. The minimum absolute atomic E-state index is 0.149. The van der Waals surface area contributed by atoms with Crippen LogP contribution in [0.3, 0.4) is 0 Å². The van der Waals surface area contributed by atoms with Crippen molar-refractivity contribution < 1.29 is 29.0 Å². The summed E-state index contributed by atoms with van der Waals surface area (Å²) < 4.78 is 5.99. The summed E-state index contributed by atoms with van der Waals surface area (Å²) in [5.41, 5.74) is 0.531. The van der Waals surface area contributed by atoms with Crippen LogP contribution in [0.15, 0.2) is 12.1 Å². The van der Waals surface area contributed by atoms with Crippen LogP contribution in [-0.4, -0.2) is 82.6 Å². The van der Waals surface area contributed by atoms with Gasteiger partial charge in [-0.05, 0) is 65.2 Å². The van der Waals surface area contributed by atoms with Gasteiger partial charge in [0.2, 0.25) is 5.91 Å². The van der Waals surface area contributed by atoms with Gasteiger partial charge in [-0.15, -0.1) is 0 Å². The maximum atomic E-state index is 13.8. The summed E-state index contributed by atoms with van der Waals surface area (Å²) in [7, 11) is 0. The zero-order chi connectivity index (χ0) is 26.1. The summed E-state index contributed by atoms with van der Waals surface area (Å²) in [6.45, 7) is 11.7. The molecule has 10 nitrogen and oxygen atoms in total. The van der Waals surface area contributed by atoms with Crippen molar-refractivity contribution in [1.29, 1.82) is 0 Å². The first-order valence-corrected chi connectivity index (χ1v) is 12.0. The average Bonchev–Trinajstić information content (AvgIpc) is 2.75. The van der Waals surface area contributed by atoms with E-state index in [2.05, 4.69) is 5.32 Å². The van der Waals surface area contributed by atoms with E-state index in [-0.39, 0.29) is 49.4 Å². The fourth-order valence-corrected chi connectivity index (χ4v) is 4.83. The van der Waals surface area contributed by atoms with Gasteiger partial charge >= 0.3 is 6.09 Å². The molecule has 0 saturated carbocycles. The Balaban J connectivity index is 1.98. The van der Waals surface area contributed by atoms with Gasteiger partial charge < -0.3 is 29.9 Å². The van der Waals surface area contributed by atoms with Crippen LogP contribution in [0.4, 0.5) is 10.5 Å². The molecule has 0 aromatic heterocycles. The van der Waals surface area contributed by atoms with Crippen LogP contribution in [0.2, 0.25) is 0 Å². The Morgan fingerprint density at radius 3 is 2.57 bits per heavy atom. The number of benzene rings is 1. The third-order valence-electron chi connectivity index (χ3n) is 6.51. The smallest absolute Gasteiger partial charge is 0.407 e. The lowest BCUT2D eigenvalue weighted by molar-refractivity contribution is -0.132. The normalized spacial score (nSPS) is 19.2. The predicted octanol–water partition coefficient (Wildman–Crippen LogP) is 2.63. The molecular weight excluding hydrogens is 452 g/mol. The standard InChI is InChI=1S/C25H36N4O6/c1-15(2)29(18-8-7-10-27(14-18)24(33)34)22(31)19-13-20-21(12-16(19)3)35-25(5,6)23(32)28(20)11-9-26-17(4)30/h12-13,15,18H,7-11,14H2,1-6H3,(H,26,30)(H,33,34)/t18-/m1/s1. The second-order valence-electron chi connectivity index (χ2n) is 10.0. The summed E-state index contributed by atoms with van der Waals surface area (Å²) >= 11 is 0. The van der Waals surface area contributed by atoms with Crippen LogP contribution in [0.25, 0.3) is 0 Å². The number of anilines is 1. The third-order valence-corrected chi connectivity index (χ3v) is 6.51. The fourth-order valence-electron chi connectivity index (χ4n) is 4.83. The molecule has 4 amide bonds. The number of piperidine rings is 1. The summed E-state index contributed by atoms with van der Waals surface area (Å²) in [5, 5.41) is 12.2. The van der Waals surface area contributed by atoms with Crippen molar-refractivity contribution in [2.24, 2.45) is 0 Å². The SMILES string of the molecule is CC(=O)NCCN1C(=O)C(C)(C)Oc2cc(C)c(C(=O)N(C(C)C)[C@@H]3CCCN(C(=O)O)C3)cc21. The first-order valence-electron chi connectivity index (χ1n) is 12.0. The molecule has 2 N–H and O–H groups in total. The Labute approximate surface area is 206 Å². The second kappa shape index (κ2) is 10.1. The number of rotatable bonds is 6. The molecule has 1 fully saturated rings. The van der Waals surface area contributed by atoms with Crippen molar-refractivity contribution in [1.82, 2.24) is 15.1 Å². The number of ether oxygens (including phenoxy) is 1. The number of carbonyl (C=O) groups is 4. The lowest BCUT2D eigenvalue weighted by Crippen LogP contribution is -2.54. The van der Waals surface area contributed by atoms with Crippen LogP contribution >= 0.6 is 0 Å². The minimum atomic E-state index is -1.09. The van der Waals surface area contributed by atoms with Gasteiger partial charge in [-0.3, -0.25) is 14.4 Å². The van der Waals surface area contributed by atoms with Crippen LogP contribution < -0.4 is 15.0 Å². The van der Waals surface area contributed by atoms with E-state index in [1.54, 1.807) is 35.8 Å². The molecule has 2 aliphatic heterocycles. The van der Waals surface area contributed by atoms with Crippen molar-refractivity contribution in [3.8, 4) is 5.75 Å². The average molecular weight is 489 g/mol. The Bertz CT molecular complexity index is 1020. The molecule has 0 radical (unpaired) electrons. The van der Waals surface area contributed by atoms with Gasteiger partial charge in [0.1, 0.15) is 5.75 Å². The predicted molar refractivity (Wildman–Crippen MR) is 131 cm³/mol. The van der Waals surface area contributed by atoms with E-state index in [0.717, 1.165) is 6.42 Å². The summed E-state index contributed by atoms with van der Waals surface area (Å²) in [5.74, 6) is -0.169. The molecule has 1 atom stereocenters. The molecule has 0 bridgehead atoms. The van der Waals surface area contributed by atoms with Gasteiger partial charge in [-0.1, -0.05) is 0 Å². The van der Waals surface area contributed by atoms with Crippen molar-refractivity contribution in [3.63, 3.8) is 0 Å². The van der Waals surface area contributed by atoms with Crippen LogP contribution in [-0.2, 0) is 9.59 Å². The lowest BCUT2D eigenvalue weighted by Gasteiger charge is -2.41. The molecule has 35 heavy (non-hydrogen) atoms. The number of carbonyl (C=O) groups excluding carboxylic acids is 3. The number of nitrogens with zero attached hydrogens (tertiary/aromatic N) is 3. The highest BCUT2D eigenvalue weighted by Gasteiger charge is 2.42. The molecule has 10 heteroatoms. The van der Waals surface area contributed by atoms with Gasteiger partial charge in [0.15, 0.2) is 5.60 Å². The maximum Gasteiger partial charge on any atom is 0.407 e. The molecule has 1 aromatic rings. The second-order valence-corrected chi connectivity index (χ2v) is 10.0. The topological polar surface area (TPSA) is 119 Å². The van der Waals surface area contributed by atoms with E-state index >= 15 is 0 Å². The number of aryl methyl sites for hydroxylation is 1.